The molecule has 0 saturated heterocycles. The first kappa shape index (κ1) is 17.0. The maximum atomic E-state index is 6.04. The zero-order chi connectivity index (χ0) is 17.3. The Kier molecular flexibility index (Phi) is 4.63. The average molecular weight is 343 g/mol. The number of hydrogen-bond donors (Lipinski definition) is 0. The van der Waals surface area contributed by atoms with E-state index < -0.39 is 0 Å². The van der Waals surface area contributed by atoms with E-state index in [4.69, 9.17) is 4.74 Å². The molecule has 1 saturated carbocycles. The van der Waals surface area contributed by atoms with Crippen LogP contribution < -0.4 is 4.74 Å². The van der Waals surface area contributed by atoms with Crippen molar-refractivity contribution in [3.05, 3.63) is 34.3 Å². The Balaban J connectivity index is 1.78. The number of aryl methyl sites for hydroxylation is 2. The third-order valence-corrected chi connectivity index (χ3v) is 5.40. The predicted molar refractivity (Wildman–Crippen MR) is 101 cm³/mol. The molecule has 0 N–H and O–H groups in total. The van der Waals surface area contributed by atoms with Crippen LogP contribution in [0.25, 0.3) is 0 Å². The number of aliphatic imine (C=N–C) groups is 1. The summed E-state index contributed by atoms with van der Waals surface area (Å²) in [4.78, 5) is 11.3. The molecule has 0 unspecified atom stereocenters. The molecule has 0 bridgehead atoms. The molecule has 4 nitrogen and oxygen atoms in total. The molecule has 0 radical (unpaired) electrons. The summed E-state index contributed by atoms with van der Waals surface area (Å²) >= 11 is 1.58. The van der Waals surface area contributed by atoms with E-state index in [0.29, 0.717) is 0 Å². The van der Waals surface area contributed by atoms with Crippen LogP contribution in [0.15, 0.2) is 22.5 Å². The molecule has 1 aromatic heterocycles. The van der Waals surface area contributed by atoms with Gasteiger partial charge in [0.2, 0.25) is 0 Å². The molecule has 2 aromatic rings. The molecular formula is C19H25N3OS. The smallest absolute Gasteiger partial charge is 0.278 e. The van der Waals surface area contributed by atoms with Gasteiger partial charge in [-0.05, 0) is 56.9 Å². The van der Waals surface area contributed by atoms with E-state index in [9.17, 15) is 0 Å². The van der Waals surface area contributed by atoms with Crippen LogP contribution >= 0.6 is 11.3 Å². The molecule has 0 amide bonds. The first-order valence-corrected chi connectivity index (χ1v) is 9.29. The van der Waals surface area contributed by atoms with E-state index in [-0.39, 0.29) is 5.41 Å². The molecule has 3 rings (SSSR count). The fraction of sp³-hybridized carbons (Fsp3) is 0.474. The highest BCUT2D eigenvalue weighted by Gasteiger charge is 2.41. The van der Waals surface area contributed by atoms with E-state index in [1.807, 2.05) is 26.4 Å². The van der Waals surface area contributed by atoms with E-state index in [1.54, 1.807) is 11.3 Å². The van der Waals surface area contributed by atoms with Crippen LogP contribution in [0, 0.1) is 13.8 Å². The molecule has 0 aliphatic heterocycles. The lowest BCUT2D eigenvalue weighted by Gasteiger charge is -2.11. The van der Waals surface area contributed by atoms with Gasteiger partial charge in [0.1, 0.15) is 5.75 Å². The van der Waals surface area contributed by atoms with Crippen molar-refractivity contribution in [1.82, 2.24) is 9.88 Å². The molecule has 0 spiro atoms. The third-order valence-electron chi connectivity index (χ3n) is 4.69. The van der Waals surface area contributed by atoms with Crippen molar-refractivity contribution in [1.29, 1.82) is 0 Å². The quantitative estimate of drug-likeness (QED) is 0.533. The van der Waals surface area contributed by atoms with Crippen LogP contribution in [-0.2, 0) is 5.41 Å². The first-order valence-electron chi connectivity index (χ1n) is 8.41. The largest absolute Gasteiger partial charge is 0.431 e. The molecule has 1 aromatic carbocycles. The Hall–Kier alpha value is -1.88. The number of thiazole rings is 1. The minimum absolute atomic E-state index is 0.285. The van der Waals surface area contributed by atoms with Gasteiger partial charge in [-0.1, -0.05) is 18.3 Å². The second-order valence-electron chi connectivity index (χ2n) is 6.88. The summed E-state index contributed by atoms with van der Waals surface area (Å²) in [5.74, 6) is 0.858. The third kappa shape index (κ3) is 3.61. The first-order chi connectivity index (χ1) is 11.4. The Morgan fingerprint density at radius 3 is 2.75 bits per heavy atom. The zero-order valence-corrected chi connectivity index (χ0v) is 15.9. The highest BCUT2D eigenvalue weighted by molar-refractivity contribution is 7.11. The van der Waals surface area contributed by atoms with Gasteiger partial charge in [-0.2, -0.15) is 0 Å². The Labute approximate surface area is 148 Å². The highest BCUT2D eigenvalue weighted by Crippen LogP contribution is 2.48. The summed E-state index contributed by atoms with van der Waals surface area (Å²) in [6.45, 7) is 9.41. The van der Waals surface area contributed by atoms with Gasteiger partial charge in [0.15, 0.2) is 0 Å². The predicted octanol–water partition coefficient (Wildman–Crippen LogP) is 5.22. The summed E-state index contributed by atoms with van der Waals surface area (Å²) in [6, 6.07) is 4.12. The van der Waals surface area contributed by atoms with Crippen molar-refractivity contribution >= 4 is 23.4 Å². The van der Waals surface area contributed by atoms with Crippen LogP contribution in [0.5, 0.6) is 10.9 Å². The van der Waals surface area contributed by atoms with Gasteiger partial charge < -0.3 is 9.64 Å². The number of benzene rings is 1. The Bertz CT molecular complexity index is 762. The van der Waals surface area contributed by atoms with E-state index in [0.717, 1.165) is 34.3 Å². The van der Waals surface area contributed by atoms with E-state index in [1.165, 1.54) is 18.5 Å². The monoisotopic (exact) mass is 343 g/mol. The second-order valence-corrected chi connectivity index (χ2v) is 7.70. The van der Waals surface area contributed by atoms with Crippen molar-refractivity contribution in [2.45, 2.75) is 46.0 Å². The number of hydrogen-bond acceptors (Lipinski definition) is 4. The average Bonchev–Trinajstić information content (AvgIpc) is 3.12. The Morgan fingerprint density at radius 2 is 2.08 bits per heavy atom. The number of ether oxygens (including phenoxy) is 1. The molecule has 5 heteroatoms. The number of rotatable bonds is 6. The topological polar surface area (TPSA) is 37.7 Å². The summed E-state index contributed by atoms with van der Waals surface area (Å²) in [7, 11) is 2.02. The van der Waals surface area contributed by atoms with Crippen LogP contribution in [0.1, 0.15) is 43.5 Å². The maximum Gasteiger partial charge on any atom is 0.278 e. The molecule has 1 heterocycles. The van der Waals surface area contributed by atoms with Gasteiger partial charge in [-0.3, -0.25) is 0 Å². The van der Waals surface area contributed by atoms with Crippen LogP contribution in [0.4, 0.5) is 5.69 Å². The molecule has 0 atom stereocenters. The standard InChI is InChI=1S/C19H25N3OS/c1-6-22(5)12-20-15-9-14(3)16(10-13(15)2)23-18-21-17(11-24-18)19(4)7-8-19/h9-12H,6-8H2,1-5H3/b20-12-. The summed E-state index contributed by atoms with van der Waals surface area (Å²) in [5.41, 5.74) is 4.60. The minimum atomic E-state index is 0.285. The van der Waals surface area contributed by atoms with Crippen molar-refractivity contribution in [2.75, 3.05) is 13.6 Å². The SMILES string of the molecule is CCN(C)/C=N\c1cc(C)c(Oc2nc(C3(C)CC3)cs2)cc1C. The van der Waals surface area contributed by atoms with Gasteiger partial charge in [-0.15, -0.1) is 0 Å². The van der Waals surface area contributed by atoms with E-state index >= 15 is 0 Å². The van der Waals surface area contributed by atoms with Gasteiger partial charge in [-0.25, -0.2) is 9.98 Å². The fourth-order valence-electron chi connectivity index (χ4n) is 2.38. The lowest BCUT2D eigenvalue weighted by molar-refractivity contribution is 0.471. The van der Waals surface area contributed by atoms with Crippen molar-refractivity contribution in [3.63, 3.8) is 0 Å². The maximum absolute atomic E-state index is 6.04. The van der Waals surface area contributed by atoms with Gasteiger partial charge in [0.25, 0.3) is 5.19 Å². The fourth-order valence-corrected chi connectivity index (χ4v) is 3.22. The van der Waals surface area contributed by atoms with Crippen molar-refractivity contribution in [3.8, 4) is 10.9 Å². The lowest BCUT2D eigenvalue weighted by atomic mass is 10.1. The minimum Gasteiger partial charge on any atom is -0.431 e. The highest BCUT2D eigenvalue weighted by atomic mass is 32.1. The van der Waals surface area contributed by atoms with Crippen LogP contribution in [0.2, 0.25) is 0 Å². The molecule has 1 aliphatic rings. The zero-order valence-electron chi connectivity index (χ0n) is 15.1. The van der Waals surface area contributed by atoms with Gasteiger partial charge in [0.05, 0.1) is 17.7 Å². The molecule has 24 heavy (non-hydrogen) atoms. The van der Waals surface area contributed by atoms with E-state index in [2.05, 4.69) is 47.1 Å². The summed E-state index contributed by atoms with van der Waals surface area (Å²) in [5, 5.41) is 2.85. The van der Waals surface area contributed by atoms with Crippen molar-refractivity contribution < 1.29 is 4.74 Å². The number of nitrogens with zero attached hydrogens (tertiary/aromatic N) is 3. The van der Waals surface area contributed by atoms with Crippen LogP contribution in [0.3, 0.4) is 0 Å². The van der Waals surface area contributed by atoms with Gasteiger partial charge >= 0.3 is 0 Å². The summed E-state index contributed by atoms with van der Waals surface area (Å²) in [6.07, 6.45) is 4.33. The van der Waals surface area contributed by atoms with Crippen molar-refractivity contribution in [2.24, 2.45) is 4.99 Å². The van der Waals surface area contributed by atoms with Crippen LogP contribution in [-0.4, -0.2) is 29.8 Å². The second kappa shape index (κ2) is 6.55. The number of aromatic nitrogens is 1. The molecule has 1 fully saturated rings. The molecular weight excluding hydrogens is 318 g/mol. The lowest BCUT2D eigenvalue weighted by Crippen LogP contribution is -2.14. The molecule has 128 valence electrons. The van der Waals surface area contributed by atoms with Gasteiger partial charge in [0, 0.05) is 24.4 Å². The Morgan fingerprint density at radius 1 is 1.33 bits per heavy atom. The molecule has 1 aliphatic carbocycles. The summed E-state index contributed by atoms with van der Waals surface area (Å²) < 4.78 is 6.04. The normalized spacial score (nSPS) is 15.7.